The topological polar surface area (TPSA) is 84.8 Å². The second-order valence-electron chi connectivity index (χ2n) is 7.27. The van der Waals surface area contributed by atoms with E-state index in [9.17, 15) is 5.11 Å². The first kappa shape index (κ1) is 17.9. The number of furan rings is 1. The monoisotopic (exact) mass is 391 g/mol. The van der Waals surface area contributed by atoms with Crippen LogP contribution in [0.3, 0.4) is 0 Å². The Hall–Kier alpha value is -3.16. The van der Waals surface area contributed by atoms with E-state index in [1.54, 1.807) is 7.11 Å². The summed E-state index contributed by atoms with van der Waals surface area (Å²) >= 11 is 0. The number of aliphatic hydroxyl groups excluding tert-OH is 1. The second-order valence-corrected chi connectivity index (χ2v) is 7.27. The molecule has 7 nitrogen and oxygen atoms in total. The third kappa shape index (κ3) is 3.50. The highest BCUT2D eigenvalue weighted by molar-refractivity contribution is 5.77. The highest BCUT2D eigenvalue weighted by Crippen LogP contribution is 2.34. The maximum Gasteiger partial charge on any atom is 0.244 e. The first-order valence-corrected chi connectivity index (χ1v) is 9.57. The molecule has 5 rings (SSSR count). The van der Waals surface area contributed by atoms with E-state index >= 15 is 0 Å². The lowest BCUT2D eigenvalue weighted by Gasteiger charge is -2.19. The average Bonchev–Trinajstić information content (AvgIpc) is 3.46. The number of fused-ring (bicyclic) bond motifs is 1. The number of hydrogen-bond donors (Lipinski definition) is 1. The van der Waals surface area contributed by atoms with Crippen LogP contribution in [0.2, 0.25) is 0 Å². The molecule has 0 aliphatic carbocycles. The van der Waals surface area contributed by atoms with Crippen molar-refractivity contribution >= 4 is 11.0 Å². The summed E-state index contributed by atoms with van der Waals surface area (Å²) in [7, 11) is 1.63. The van der Waals surface area contributed by atoms with Gasteiger partial charge in [0.05, 0.1) is 25.8 Å². The average molecular weight is 391 g/mol. The minimum atomic E-state index is -0.444. The van der Waals surface area contributed by atoms with Gasteiger partial charge in [0.2, 0.25) is 11.7 Å². The summed E-state index contributed by atoms with van der Waals surface area (Å²) in [6, 6.07) is 17.3. The minimum Gasteiger partial charge on any atom is -0.497 e. The number of ether oxygens (including phenoxy) is 1. The Morgan fingerprint density at radius 2 is 2.00 bits per heavy atom. The van der Waals surface area contributed by atoms with Crippen LogP contribution in [0.25, 0.3) is 22.4 Å². The molecular formula is C22H21N3O4. The Bertz CT molecular complexity index is 1090. The second kappa shape index (κ2) is 7.35. The number of hydrogen-bond acceptors (Lipinski definition) is 7. The summed E-state index contributed by atoms with van der Waals surface area (Å²) in [6.07, 6.45) is 0.102. The molecule has 0 spiro atoms. The maximum absolute atomic E-state index is 10.3. The van der Waals surface area contributed by atoms with Gasteiger partial charge in [-0.25, -0.2) is 0 Å². The van der Waals surface area contributed by atoms with Crippen molar-refractivity contribution < 1.29 is 18.8 Å². The standard InChI is InChI=1S/C22H21N3O4/c1-27-17-8-6-14(7-9-17)21-23-22(29-24-21)19-11-16(26)12-25(19)13-18-10-15-4-2-3-5-20(15)28-18/h2-10,16,19,26H,11-13H2,1H3/t16-,19+/m1/s1. The zero-order chi connectivity index (χ0) is 19.8. The number of nitrogens with zero attached hydrogens (tertiary/aromatic N) is 3. The van der Waals surface area contributed by atoms with E-state index in [0.29, 0.717) is 31.2 Å². The fourth-order valence-corrected chi connectivity index (χ4v) is 3.85. The number of rotatable bonds is 5. The van der Waals surface area contributed by atoms with Crippen molar-refractivity contribution in [1.82, 2.24) is 15.0 Å². The van der Waals surface area contributed by atoms with E-state index in [1.807, 2.05) is 54.6 Å². The fourth-order valence-electron chi connectivity index (χ4n) is 3.85. The van der Waals surface area contributed by atoms with Gasteiger partial charge in [0.25, 0.3) is 0 Å². The van der Waals surface area contributed by atoms with Crippen molar-refractivity contribution in [1.29, 1.82) is 0 Å². The Morgan fingerprint density at radius 3 is 2.79 bits per heavy atom. The lowest BCUT2D eigenvalue weighted by atomic mass is 10.2. The molecule has 1 fully saturated rings. The molecule has 29 heavy (non-hydrogen) atoms. The van der Waals surface area contributed by atoms with Crippen molar-refractivity contribution in [2.45, 2.75) is 25.1 Å². The van der Waals surface area contributed by atoms with Gasteiger partial charge in [0.1, 0.15) is 17.1 Å². The van der Waals surface area contributed by atoms with Crippen LogP contribution in [-0.2, 0) is 6.54 Å². The molecule has 0 saturated carbocycles. The first-order chi connectivity index (χ1) is 14.2. The van der Waals surface area contributed by atoms with Gasteiger partial charge in [-0.15, -0.1) is 0 Å². The van der Waals surface area contributed by atoms with Crippen LogP contribution in [-0.4, -0.2) is 39.9 Å². The van der Waals surface area contributed by atoms with Gasteiger partial charge in [-0.05, 0) is 42.8 Å². The summed E-state index contributed by atoms with van der Waals surface area (Å²) in [5.74, 6) is 2.64. The van der Waals surface area contributed by atoms with Crippen molar-refractivity contribution in [3.05, 3.63) is 66.2 Å². The predicted octanol–water partition coefficient (Wildman–Crippen LogP) is 3.80. The molecule has 2 atom stereocenters. The quantitative estimate of drug-likeness (QED) is 0.554. The molecule has 0 bridgehead atoms. The number of para-hydroxylation sites is 1. The molecule has 1 aliphatic rings. The number of β-amino-alcohol motifs (C(OH)–C–C–N with tert-alkyl or cyclic N) is 1. The Labute approximate surface area is 167 Å². The molecule has 0 radical (unpaired) electrons. The van der Waals surface area contributed by atoms with Crippen LogP contribution in [0.15, 0.2) is 63.5 Å². The molecule has 1 N–H and O–H groups in total. The molecule has 0 amide bonds. The van der Waals surface area contributed by atoms with Crippen LogP contribution < -0.4 is 4.74 Å². The molecular weight excluding hydrogens is 370 g/mol. The third-order valence-electron chi connectivity index (χ3n) is 5.29. The zero-order valence-electron chi connectivity index (χ0n) is 16.0. The highest BCUT2D eigenvalue weighted by Gasteiger charge is 2.36. The largest absolute Gasteiger partial charge is 0.497 e. The van der Waals surface area contributed by atoms with Gasteiger partial charge < -0.3 is 18.8 Å². The summed E-state index contributed by atoms with van der Waals surface area (Å²) in [6.45, 7) is 1.10. The van der Waals surface area contributed by atoms with E-state index in [0.717, 1.165) is 28.0 Å². The summed E-state index contributed by atoms with van der Waals surface area (Å²) in [5.41, 5.74) is 1.71. The third-order valence-corrected chi connectivity index (χ3v) is 5.29. The molecule has 4 aromatic rings. The van der Waals surface area contributed by atoms with Gasteiger partial charge in [-0.2, -0.15) is 4.98 Å². The van der Waals surface area contributed by atoms with Gasteiger partial charge in [-0.3, -0.25) is 4.90 Å². The smallest absolute Gasteiger partial charge is 0.244 e. The van der Waals surface area contributed by atoms with Gasteiger partial charge in [-0.1, -0.05) is 23.4 Å². The molecule has 148 valence electrons. The normalized spacial score (nSPS) is 19.8. The van der Waals surface area contributed by atoms with Gasteiger partial charge >= 0.3 is 0 Å². The van der Waals surface area contributed by atoms with Crippen molar-refractivity contribution in [2.75, 3.05) is 13.7 Å². The first-order valence-electron chi connectivity index (χ1n) is 9.57. The van der Waals surface area contributed by atoms with E-state index in [1.165, 1.54) is 0 Å². The molecule has 2 aromatic heterocycles. The number of methoxy groups -OCH3 is 1. The zero-order valence-corrected chi connectivity index (χ0v) is 16.0. The Kier molecular flexibility index (Phi) is 4.54. The van der Waals surface area contributed by atoms with E-state index in [2.05, 4.69) is 15.0 Å². The molecule has 3 heterocycles. The van der Waals surface area contributed by atoms with Crippen molar-refractivity contribution in [2.24, 2.45) is 0 Å². The van der Waals surface area contributed by atoms with Crippen LogP contribution in [0.1, 0.15) is 24.1 Å². The predicted molar refractivity (Wildman–Crippen MR) is 106 cm³/mol. The van der Waals surface area contributed by atoms with Crippen LogP contribution in [0, 0.1) is 0 Å². The number of benzene rings is 2. The summed E-state index contributed by atoms with van der Waals surface area (Å²) in [5, 5.41) is 15.5. The van der Waals surface area contributed by atoms with E-state index < -0.39 is 6.10 Å². The summed E-state index contributed by atoms with van der Waals surface area (Å²) < 4.78 is 16.7. The van der Waals surface area contributed by atoms with Crippen molar-refractivity contribution in [3.63, 3.8) is 0 Å². The molecule has 2 aromatic carbocycles. The maximum atomic E-state index is 10.3. The van der Waals surface area contributed by atoms with Crippen LogP contribution in [0.5, 0.6) is 5.75 Å². The molecule has 0 unspecified atom stereocenters. The molecule has 1 aliphatic heterocycles. The van der Waals surface area contributed by atoms with Crippen LogP contribution in [0.4, 0.5) is 0 Å². The highest BCUT2D eigenvalue weighted by atomic mass is 16.5. The number of aromatic nitrogens is 2. The lowest BCUT2D eigenvalue weighted by molar-refractivity contribution is 0.164. The van der Waals surface area contributed by atoms with E-state index in [4.69, 9.17) is 13.7 Å². The fraction of sp³-hybridized carbons (Fsp3) is 0.273. The Morgan fingerprint density at radius 1 is 1.17 bits per heavy atom. The number of likely N-dealkylation sites (tertiary alicyclic amines) is 1. The van der Waals surface area contributed by atoms with Gasteiger partial charge in [0.15, 0.2) is 0 Å². The summed E-state index contributed by atoms with van der Waals surface area (Å²) in [4.78, 5) is 6.70. The molecule has 7 heteroatoms. The SMILES string of the molecule is COc1ccc(-c2noc([C@@H]3C[C@@H](O)CN3Cc3cc4ccccc4o3)n2)cc1. The van der Waals surface area contributed by atoms with Gasteiger partial charge in [0, 0.05) is 17.5 Å². The minimum absolute atomic E-state index is 0.155. The number of aliphatic hydroxyl groups is 1. The Balaban J connectivity index is 1.38. The van der Waals surface area contributed by atoms with Crippen LogP contribution >= 0.6 is 0 Å². The lowest BCUT2D eigenvalue weighted by Crippen LogP contribution is -2.24. The van der Waals surface area contributed by atoms with E-state index in [-0.39, 0.29) is 6.04 Å². The molecule has 1 saturated heterocycles. The van der Waals surface area contributed by atoms with Crippen molar-refractivity contribution in [3.8, 4) is 17.1 Å².